The van der Waals surface area contributed by atoms with Gasteiger partial charge in [0.15, 0.2) is 0 Å². The van der Waals surface area contributed by atoms with E-state index in [1.54, 1.807) is 12.3 Å². The van der Waals surface area contributed by atoms with Gasteiger partial charge in [0.25, 0.3) is 5.69 Å². The summed E-state index contributed by atoms with van der Waals surface area (Å²) < 4.78 is 5.14. The number of carbonyl (C=O) groups excluding carboxylic acids is 1. The van der Waals surface area contributed by atoms with Crippen molar-refractivity contribution >= 4 is 40.6 Å². The predicted octanol–water partition coefficient (Wildman–Crippen LogP) is 3.71. The van der Waals surface area contributed by atoms with E-state index in [-0.39, 0.29) is 28.1 Å². The van der Waals surface area contributed by atoms with Gasteiger partial charge in [-0.1, -0.05) is 11.6 Å². The molecule has 0 aliphatic carbocycles. The number of nitro benzene ring substituents is 1. The molecule has 0 aliphatic heterocycles. The van der Waals surface area contributed by atoms with E-state index >= 15 is 0 Å². The summed E-state index contributed by atoms with van der Waals surface area (Å²) in [6, 6.07) is 7.69. The second-order valence-electron chi connectivity index (χ2n) is 4.04. The minimum atomic E-state index is -0.586. The maximum atomic E-state index is 11.8. The van der Waals surface area contributed by atoms with Gasteiger partial charge in [0.2, 0.25) is 5.91 Å². The molecule has 2 rings (SSSR count). The summed E-state index contributed by atoms with van der Waals surface area (Å²) >= 11 is 7.06. The highest BCUT2D eigenvalue weighted by molar-refractivity contribution is 7.99. The van der Waals surface area contributed by atoms with Crippen molar-refractivity contribution in [1.29, 1.82) is 0 Å². The van der Waals surface area contributed by atoms with Crippen LogP contribution in [0.3, 0.4) is 0 Å². The average Bonchev–Trinajstić information content (AvgIpc) is 2.94. The summed E-state index contributed by atoms with van der Waals surface area (Å²) in [5.41, 5.74) is -0.0973. The van der Waals surface area contributed by atoms with E-state index in [4.69, 9.17) is 16.0 Å². The zero-order chi connectivity index (χ0) is 15.2. The molecule has 21 heavy (non-hydrogen) atoms. The van der Waals surface area contributed by atoms with Crippen LogP contribution in [0.25, 0.3) is 0 Å². The lowest BCUT2D eigenvalue weighted by atomic mass is 10.2. The van der Waals surface area contributed by atoms with Gasteiger partial charge >= 0.3 is 0 Å². The van der Waals surface area contributed by atoms with Gasteiger partial charge in [0, 0.05) is 11.1 Å². The summed E-state index contributed by atoms with van der Waals surface area (Å²) in [6.07, 6.45) is 1.56. The highest BCUT2D eigenvalue weighted by Gasteiger charge is 2.16. The second kappa shape index (κ2) is 7.14. The lowest BCUT2D eigenvalue weighted by molar-refractivity contribution is -0.383. The van der Waals surface area contributed by atoms with Gasteiger partial charge in [-0.2, -0.15) is 0 Å². The first-order chi connectivity index (χ1) is 10.1. The van der Waals surface area contributed by atoms with Gasteiger partial charge in [-0.05, 0) is 24.3 Å². The monoisotopic (exact) mass is 326 g/mol. The Bertz CT molecular complexity index is 646. The fraction of sp³-hybridized carbons (Fsp3) is 0.154. The van der Waals surface area contributed by atoms with Crippen molar-refractivity contribution in [3.63, 3.8) is 0 Å². The van der Waals surface area contributed by atoms with Crippen LogP contribution in [0.4, 0.5) is 11.4 Å². The Kier molecular flexibility index (Phi) is 5.24. The van der Waals surface area contributed by atoms with Crippen molar-refractivity contribution in [3.8, 4) is 0 Å². The number of halogens is 1. The van der Waals surface area contributed by atoms with E-state index in [2.05, 4.69) is 5.32 Å². The summed E-state index contributed by atoms with van der Waals surface area (Å²) in [4.78, 5) is 22.1. The molecule has 110 valence electrons. The van der Waals surface area contributed by atoms with Crippen LogP contribution >= 0.6 is 23.4 Å². The van der Waals surface area contributed by atoms with E-state index in [0.29, 0.717) is 5.75 Å². The number of rotatable bonds is 6. The standard InChI is InChI=1S/C13H11ClN2O4S/c14-9-3-4-11(12(6-9)16(18)19)15-13(17)8-21-7-10-2-1-5-20-10/h1-6H,7-8H2,(H,15,17). The molecule has 8 heteroatoms. The number of amides is 1. The Morgan fingerprint density at radius 2 is 2.24 bits per heavy atom. The van der Waals surface area contributed by atoms with Gasteiger partial charge < -0.3 is 9.73 Å². The minimum absolute atomic E-state index is 0.132. The van der Waals surface area contributed by atoms with Gasteiger partial charge in [-0.25, -0.2) is 0 Å². The fourth-order valence-corrected chi connectivity index (χ4v) is 2.48. The summed E-state index contributed by atoms with van der Waals surface area (Å²) in [7, 11) is 0. The number of benzene rings is 1. The molecule has 0 aliphatic rings. The normalized spacial score (nSPS) is 10.3. The topological polar surface area (TPSA) is 85.4 Å². The average molecular weight is 327 g/mol. The van der Waals surface area contributed by atoms with Gasteiger partial charge in [-0.15, -0.1) is 11.8 Å². The largest absolute Gasteiger partial charge is 0.468 e. The molecule has 1 aromatic heterocycles. The third-order valence-electron chi connectivity index (χ3n) is 2.49. The van der Waals surface area contributed by atoms with Gasteiger partial charge in [0.05, 0.1) is 22.7 Å². The molecule has 0 bridgehead atoms. The number of carbonyl (C=O) groups is 1. The molecule has 0 atom stereocenters. The van der Waals surface area contributed by atoms with E-state index in [1.165, 1.54) is 30.0 Å². The Morgan fingerprint density at radius 3 is 2.90 bits per heavy atom. The van der Waals surface area contributed by atoms with E-state index in [9.17, 15) is 14.9 Å². The number of anilines is 1. The van der Waals surface area contributed by atoms with Crippen LogP contribution in [0, 0.1) is 10.1 Å². The number of nitrogens with zero attached hydrogens (tertiary/aromatic N) is 1. The molecule has 0 radical (unpaired) electrons. The van der Waals surface area contributed by atoms with Crippen molar-refractivity contribution in [1.82, 2.24) is 0 Å². The molecule has 0 spiro atoms. The van der Waals surface area contributed by atoms with Crippen molar-refractivity contribution in [2.75, 3.05) is 11.1 Å². The summed E-state index contributed by atoms with van der Waals surface area (Å²) in [6.45, 7) is 0. The number of thioether (sulfide) groups is 1. The second-order valence-corrected chi connectivity index (χ2v) is 5.46. The molecular weight excluding hydrogens is 316 g/mol. The molecule has 1 N–H and O–H groups in total. The zero-order valence-corrected chi connectivity index (χ0v) is 12.3. The van der Waals surface area contributed by atoms with Crippen molar-refractivity contribution in [3.05, 3.63) is 57.5 Å². The van der Waals surface area contributed by atoms with E-state index < -0.39 is 4.92 Å². The quantitative estimate of drug-likeness (QED) is 0.646. The highest BCUT2D eigenvalue weighted by atomic mass is 35.5. The van der Waals surface area contributed by atoms with E-state index in [0.717, 1.165) is 5.76 Å². The maximum Gasteiger partial charge on any atom is 0.294 e. The third-order valence-corrected chi connectivity index (χ3v) is 3.68. The third kappa shape index (κ3) is 4.51. The molecule has 0 saturated carbocycles. The summed E-state index contributed by atoms with van der Waals surface area (Å²) in [5.74, 6) is 1.17. The number of hydrogen-bond acceptors (Lipinski definition) is 5. The van der Waals surface area contributed by atoms with Crippen LogP contribution in [-0.2, 0) is 10.5 Å². The Labute approximate surface area is 129 Å². The number of nitrogens with one attached hydrogen (secondary N) is 1. The van der Waals surface area contributed by atoms with Crippen LogP contribution in [0.1, 0.15) is 5.76 Å². The maximum absolute atomic E-state index is 11.8. The van der Waals surface area contributed by atoms with Gasteiger partial charge in [0.1, 0.15) is 11.4 Å². The molecule has 0 saturated heterocycles. The SMILES string of the molecule is O=C(CSCc1ccco1)Nc1ccc(Cl)cc1[N+](=O)[O-]. The molecular formula is C13H11ClN2O4S. The van der Waals surface area contributed by atoms with Crippen LogP contribution in [0.5, 0.6) is 0 Å². The molecule has 0 fully saturated rings. The van der Waals surface area contributed by atoms with E-state index in [1.807, 2.05) is 6.07 Å². The fourth-order valence-electron chi connectivity index (χ4n) is 1.59. The lowest BCUT2D eigenvalue weighted by Crippen LogP contribution is -2.15. The lowest BCUT2D eigenvalue weighted by Gasteiger charge is -2.06. The Morgan fingerprint density at radius 1 is 1.43 bits per heavy atom. The van der Waals surface area contributed by atoms with Crippen molar-refractivity contribution in [2.24, 2.45) is 0 Å². The first kappa shape index (κ1) is 15.4. The summed E-state index contributed by atoms with van der Waals surface area (Å²) in [5, 5.41) is 13.7. The van der Waals surface area contributed by atoms with Crippen LogP contribution < -0.4 is 5.32 Å². The van der Waals surface area contributed by atoms with Crippen molar-refractivity contribution < 1.29 is 14.1 Å². The molecule has 0 unspecified atom stereocenters. The first-order valence-electron chi connectivity index (χ1n) is 5.90. The molecule has 2 aromatic rings. The highest BCUT2D eigenvalue weighted by Crippen LogP contribution is 2.27. The smallest absolute Gasteiger partial charge is 0.294 e. The molecule has 1 aromatic carbocycles. The Hall–Kier alpha value is -1.99. The molecule has 1 amide bonds. The predicted molar refractivity (Wildman–Crippen MR) is 81.6 cm³/mol. The van der Waals surface area contributed by atoms with Crippen LogP contribution in [0.2, 0.25) is 5.02 Å². The first-order valence-corrected chi connectivity index (χ1v) is 7.43. The van der Waals surface area contributed by atoms with Crippen LogP contribution in [0.15, 0.2) is 41.0 Å². The van der Waals surface area contributed by atoms with Crippen molar-refractivity contribution in [2.45, 2.75) is 5.75 Å². The number of furan rings is 1. The number of nitro groups is 1. The Balaban J connectivity index is 1.92. The van der Waals surface area contributed by atoms with Crippen LogP contribution in [-0.4, -0.2) is 16.6 Å². The zero-order valence-electron chi connectivity index (χ0n) is 10.7. The number of hydrogen-bond donors (Lipinski definition) is 1. The molecule has 6 nitrogen and oxygen atoms in total. The molecule has 1 heterocycles. The van der Waals surface area contributed by atoms with Gasteiger partial charge in [-0.3, -0.25) is 14.9 Å². The minimum Gasteiger partial charge on any atom is -0.468 e.